The van der Waals surface area contributed by atoms with E-state index < -0.39 is 0 Å². The molecule has 1 aromatic rings. The van der Waals surface area contributed by atoms with Gasteiger partial charge in [0.05, 0.1) is 5.92 Å². The molecule has 7 heteroatoms. The maximum atomic E-state index is 12.1. The molecule has 21 heavy (non-hydrogen) atoms. The van der Waals surface area contributed by atoms with E-state index >= 15 is 0 Å². The van der Waals surface area contributed by atoms with Crippen LogP contribution in [0.15, 0.2) is 18.5 Å². The molecular weight excluding hydrogens is 270 g/mol. The van der Waals surface area contributed by atoms with E-state index in [1.807, 2.05) is 0 Å². The number of nitrogens with zero attached hydrogens (tertiary/aromatic N) is 3. The van der Waals surface area contributed by atoms with Gasteiger partial charge in [0, 0.05) is 44.5 Å². The van der Waals surface area contributed by atoms with Crippen LogP contribution in [-0.4, -0.2) is 47.5 Å². The standard InChI is InChI=1S/C14H19N5O2/c20-12-8-10(9-17-12)13(21)18-11-2-6-19(7-3-11)14-15-4-1-5-16-14/h1,4-5,10-11H,2-3,6-9H2,(H,17,20)(H,18,21). The van der Waals surface area contributed by atoms with Crippen molar-refractivity contribution in [2.45, 2.75) is 25.3 Å². The summed E-state index contributed by atoms with van der Waals surface area (Å²) in [6.07, 6.45) is 5.53. The molecule has 2 amide bonds. The predicted octanol–water partition coefficient (Wildman–Crippen LogP) is -0.302. The second-order valence-electron chi connectivity index (χ2n) is 5.52. The number of piperidine rings is 1. The number of anilines is 1. The third-order valence-electron chi connectivity index (χ3n) is 4.02. The largest absolute Gasteiger partial charge is 0.355 e. The van der Waals surface area contributed by atoms with Gasteiger partial charge in [0.25, 0.3) is 0 Å². The van der Waals surface area contributed by atoms with E-state index in [4.69, 9.17) is 0 Å². The highest BCUT2D eigenvalue weighted by molar-refractivity contribution is 5.89. The lowest BCUT2D eigenvalue weighted by Crippen LogP contribution is -2.47. The SMILES string of the molecule is O=C1CC(C(=O)NC2CCN(c3ncccn3)CC2)CN1. The Morgan fingerprint density at radius 3 is 2.62 bits per heavy atom. The van der Waals surface area contributed by atoms with Gasteiger partial charge in [-0.15, -0.1) is 0 Å². The minimum atomic E-state index is -0.215. The Morgan fingerprint density at radius 2 is 2.00 bits per heavy atom. The lowest BCUT2D eigenvalue weighted by atomic mass is 10.0. The molecule has 0 saturated carbocycles. The van der Waals surface area contributed by atoms with E-state index in [1.54, 1.807) is 18.5 Å². The van der Waals surface area contributed by atoms with Crippen LogP contribution in [0.4, 0.5) is 5.95 Å². The highest BCUT2D eigenvalue weighted by atomic mass is 16.2. The van der Waals surface area contributed by atoms with Gasteiger partial charge in [-0.1, -0.05) is 0 Å². The van der Waals surface area contributed by atoms with Crippen LogP contribution in [-0.2, 0) is 9.59 Å². The van der Waals surface area contributed by atoms with Gasteiger partial charge in [-0.05, 0) is 18.9 Å². The maximum absolute atomic E-state index is 12.1. The van der Waals surface area contributed by atoms with Gasteiger partial charge < -0.3 is 15.5 Å². The van der Waals surface area contributed by atoms with Gasteiger partial charge in [-0.2, -0.15) is 0 Å². The maximum Gasteiger partial charge on any atom is 0.225 e. The summed E-state index contributed by atoms with van der Waals surface area (Å²) in [6.45, 7) is 2.12. The fraction of sp³-hybridized carbons (Fsp3) is 0.571. The van der Waals surface area contributed by atoms with Crippen molar-refractivity contribution in [3.63, 3.8) is 0 Å². The normalized spacial score (nSPS) is 23.0. The minimum Gasteiger partial charge on any atom is -0.355 e. The summed E-state index contributed by atoms with van der Waals surface area (Å²) in [7, 11) is 0. The molecule has 2 fully saturated rings. The van der Waals surface area contributed by atoms with Gasteiger partial charge in [-0.3, -0.25) is 9.59 Å². The van der Waals surface area contributed by atoms with Crippen molar-refractivity contribution < 1.29 is 9.59 Å². The van der Waals surface area contributed by atoms with Crippen LogP contribution in [0.5, 0.6) is 0 Å². The molecule has 0 aliphatic carbocycles. The van der Waals surface area contributed by atoms with E-state index in [0.717, 1.165) is 31.9 Å². The number of hydrogen-bond acceptors (Lipinski definition) is 5. The smallest absolute Gasteiger partial charge is 0.225 e. The third kappa shape index (κ3) is 3.29. The monoisotopic (exact) mass is 289 g/mol. The van der Waals surface area contributed by atoms with Crippen molar-refractivity contribution in [3.05, 3.63) is 18.5 Å². The lowest BCUT2D eigenvalue weighted by Gasteiger charge is -2.32. The van der Waals surface area contributed by atoms with E-state index in [9.17, 15) is 9.59 Å². The Kier molecular flexibility index (Phi) is 3.98. The van der Waals surface area contributed by atoms with Gasteiger partial charge >= 0.3 is 0 Å². The van der Waals surface area contributed by atoms with Crippen LogP contribution in [0.1, 0.15) is 19.3 Å². The molecule has 0 bridgehead atoms. The number of carbonyl (C=O) groups excluding carboxylic acids is 2. The number of aromatic nitrogens is 2. The number of amides is 2. The second kappa shape index (κ2) is 6.07. The summed E-state index contributed by atoms with van der Waals surface area (Å²) in [4.78, 5) is 33.8. The molecule has 2 aliphatic rings. The van der Waals surface area contributed by atoms with Gasteiger partial charge in [0.15, 0.2) is 0 Å². The molecule has 0 aromatic carbocycles. The fourth-order valence-corrected chi connectivity index (χ4v) is 2.79. The Labute approximate surface area is 123 Å². The Morgan fingerprint density at radius 1 is 1.29 bits per heavy atom. The summed E-state index contributed by atoms with van der Waals surface area (Å²) in [6, 6.07) is 1.97. The van der Waals surface area contributed by atoms with Crippen molar-refractivity contribution >= 4 is 17.8 Å². The summed E-state index contributed by atoms with van der Waals surface area (Å²) in [5.74, 6) is 0.481. The molecule has 2 saturated heterocycles. The number of rotatable bonds is 3. The first-order chi connectivity index (χ1) is 10.2. The summed E-state index contributed by atoms with van der Waals surface area (Å²) >= 11 is 0. The minimum absolute atomic E-state index is 0.0113. The highest BCUT2D eigenvalue weighted by Crippen LogP contribution is 2.16. The molecule has 1 unspecified atom stereocenters. The first-order valence-electron chi connectivity index (χ1n) is 7.31. The van der Waals surface area contributed by atoms with Gasteiger partial charge in [-0.25, -0.2) is 9.97 Å². The van der Waals surface area contributed by atoms with Crippen molar-refractivity contribution in [1.29, 1.82) is 0 Å². The first-order valence-corrected chi connectivity index (χ1v) is 7.31. The molecule has 1 atom stereocenters. The average Bonchev–Trinajstić information content (AvgIpc) is 2.96. The topological polar surface area (TPSA) is 87.2 Å². The van der Waals surface area contributed by atoms with Crippen LogP contribution in [0.2, 0.25) is 0 Å². The van der Waals surface area contributed by atoms with E-state index in [2.05, 4.69) is 25.5 Å². The van der Waals surface area contributed by atoms with Crippen LogP contribution >= 0.6 is 0 Å². The van der Waals surface area contributed by atoms with E-state index in [1.165, 1.54) is 0 Å². The highest BCUT2D eigenvalue weighted by Gasteiger charge is 2.30. The van der Waals surface area contributed by atoms with Gasteiger partial charge in [0.1, 0.15) is 0 Å². The zero-order valence-corrected chi connectivity index (χ0v) is 11.8. The summed E-state index contributed by atoms with van der Waals surface area (Å²) in [5.41, 5.74) is 0. The quantitative estimate of drug-likeness (QED) is 0.797. The Balaban J connectivity index is 1.48. The van der Waals surface area contributed by atoms with Crippen LogP contribution < -0.4 is 15.5 Å². The molecule has 1 aromatic heterocycles. The van der Waals surface area contributed by atoms with Crippen molar-refractivity contribution in [1.82, 2.24) is 20.6 Å². The Hall–Kier alpha value is -2.18. The summed E-state index contributed by atoms with van der Waals surface area (Å²) in [5, 5.41) is 5.75. The molecule has 2 N–H and O–H groups in total. The molecule has 7 nitrogen and oxygen atoms in total. The van der Waals surface area contributed by atoms with Crippen molar-refractivity contribution in [2.75, 3.05) is 24.5 Å². The third-order valence-corrected chi connectivity index (χ3v) is 4.02. The molecular formula is C14H19N5O2. The second-order valence-corrected chi connectivity index (χ2v) is 5.52. The first kappa shape index (κ1) is 13.8. The van der Waals surface area contributed by atoms with Crippen LogP contribution in [0.3, 0.4) is 0 Å². The lowest BCUT2D eigenvalue weighted by molar-refractivity contribution is -0.127. The zero-order valence-electron chi connectivity index (χ0n) is 11.8. The van der Waals surface area contributed by atoms with Crippen molar-refractivity contribution in [2.24, 2.45) is 5.92 Å². The molecule has 3 heterocycles. The molecule has 0 spiro atoms. The average molecular weight is 289 g/mol. The summed E-state index contributed by atoms with van der Waals surface area (Å²) < 4.78 is 0. The van der Waals surface area contributed by atoms with Gasteiger partial charge in [0.2, 0.25) is 17.8 Å². The van der Waals surface area contributed by atoms with E-state index in [0.29, 0.717) is 13.0 Å². The predicted molar refractivity (Wildman–Crippen MR) is 76.5 cm³/mol. The zero-order chi connectivity index (χ0) is 14.7. The number of hydrogen-bond donors (Lipinski definition) is 2. The molecule has 2 aliphatic heterocycles. The molecule has 3 rings (SSSR count). The van der Waals surface area contributed by atoms with Crippen molar-refractivity contribution in [3.8, 4) is 0 Å². The molecule has 112 valence electrons. The fourth-order valence-electron chi connectivity index (χ4n) is 2.79. The number of carbonyl (C=O) groups is 2. The Bertz CT molecular complexity index is 513. The molecule has 0 radical (unpaired) electrons. The van der Waals surface area contributed by atoms with Crippen LogP contribution in [0, 0.1) is 5.92 Å². The van der Waals surface area contributed by atoms with E-state index in [-0.39, 0.29) is 23.8 Å². The number of nitrogens with one attached hydrogen (secondary N) is 2. The van der Waals surface area contributed by atoms with Crippen LogP contribution in [0.25, 0.3) is 0 Å².